The third kappa shape index (κ3) is 2.72. The van der Waals surface area contributed by atoms with Crippen LogP contribution in [0.3, 0.4) is 0 Å². The number of rotatable bonds is 3. The highest BCUT2D eigenvalue weighted by Gasteiger charge is 2.16. The topological polar surface area (TPSA) is 52.3 Å². The predicted octanol–water partition coefficient (Wildman–Crippen LogP) is 2.50. The molecule has 86 valence electrons. The quantitative estimate of drug-likeness (QED) is 0.581. The Morgan fingerprint density at radius 1 is 1.62 bits per heavy atom. The number of aromatic nitrogens is 1. The Labute approximate surface area is 94.3 Å². The second kappa shape index (κ2) is 4.96. The summed E-state index contributed by atoms with van der Waals surface area (Å²) >= 11 is 0. The van der Waals surface area contributed by atoms with Gasteiger partial charge < -0.3 is 9.26 Å². The Kier molecular flexibility index (Phi) is 3.39. The fourth-order valence-corrected chi connectivity index (χ4v) is 1.73. The van der Waals surface area contributed by atoms with E-state index in [1.54, 1.807) is 13.0 Å². The van der Waals surface area contributed by atoms with Gasteiger partial charge >= 0.3 is 5.97 Å². The molecule has 0 radical (unpaired) electrons. The minimum Gasteiger partial charge on any atom is -0.459 e. The molecule has 0 amide bonds. The van der Waals surface area contributed by atoms with Gasteiger partial charge in [0.2, 0.25) is 5.76 Å². The largest absolute Gasteiger partial charge is 0.459 e. The van der Waals surface area contributed by atoms with Crippen molar-refractivity contribution >= 4 is 5.97 Å². The number of carbonyl (C=O) groups excluding carboxylic acids is 1. The van der Waals surface area contributed by atoms with Gasteiger partial charge in [0.1, 0.15) is 0 Å². The van der Waals surface area contributed by atoms with Crippen LogP contribution >= 0.6 is 0 Å². The molecule has 1 aliphatic carbocycles. The zero-order valence-corrected chi connectivity index (χ0v) is 9.31. The van der Waals surface area contributed by atoms with Gasteiger partial charge in [-0.1, -0.05) is 17.3 Å². The van der Waals surface area contributed by atoms with Crippen LogP contribution in [0.5, 0.6) is 0 Å². The van der Waals surface area contributed by atoms with Gasteiger partial charge in [0.05, 0.1) is 12.3 Å². The van der Waals surface area contributed by atoms with Gasteiger partial charge in [-0.2, -0.15) is 0 Å². The lowest BCUT2D eigenvalue weighted by Gasteiger charge is -2.16. The summed E-state index contributed by atoms with van der Waals surface area (Å²) in [6, 6.07) is 1.59. The molecule has 0 saturated carbocycles. The van der Waals surface area contributed by atoms with Crippen LogP contribution < -0.4 is 0 Å². The van der Waals surface area contributed by atoms with Crippen molar-refractivity contribution in [2.24, 2.45) is 5.92 Å². The van der Waals surface area contributed by atoms with Gasteiger partial charge in [-0.05, 0) is 32.1 Å². The van der Waals surface area contributed by atoms with Gasteiger partial charge in [-0.3, -0.25) is 0 Å². The van der Waals surface area contributed by atoms with Crippen molar-refractivity contribution in [2.45, 2.75) is 26.2 Å². The number of aryl methyl sites for hydroxylation is 1. The fourth-order valence-electron chi connectivity index (χ4n) is 1.73. The highest BCUT2D eigenvalue weighted by Crippen LogP contribution is 2.18. The molecule has 0 fully saturated rings. The molecule has 1 unspecified atom stereocenters. The first-order chi connectivity index (χ1) is 7.75. The number of allylic oxidation sites excluding steroid dienone is 2. The zero-order valence-electron chi connectivity index (χ0n) is 9.31. The summed E-state index contributed by atoms with van der Waals surface area (Å²) in [6.07, 6.45) is 7.45. The van der Waals surface area contributed by atoms with E-state index in [2.05, 4.69) is 17.3 Å². The van der Waals surface area contributed by atoms with Crippen molar-refractivity contribution < 1.29 is 14.1 Å². The summed E-state index contributed by atoms with van der Waals surface area (Å²) in [6.45, 7) is 2.23. The van der Waals surface area contributed by atoms with Gasteiger partial charge in [-0.25, -0.2) is 4.79 Å². The first kappa shape index (κ1) is 10.9. The monoisotopic (exact) mass is 221 g/mol. The van der Waals surface area contributed by atoms with E-state index in [1.807, 2.05) is 0 Å². The number of carbonyl (C=O) groups is 1. The third-order valence-corrected chi connectivity index (χ3v) is 2.66. The Bertz CT molecular complexity index is 395. The lowest BCUT2D eigenvalue weighted by molar-refractivity contribution is 0.0386. The average Bonchev–Trinajstić information content (AvgIpc) is 2.74. The lowest BCUT2D eigenvalue weighted by atomic mass is 9.95. The molecule has 0 spiro atoms. The minimum atomic E-state index is -0.421. The van der Waals surface area contributed by atoms with E-state index in [-0.39, 0.29) is 5.76 Å². The number of hydrogen-bond acceptors (Lipinski definition) is 4. The second-order valence-corrected chi connectivity index (χ2v) is 4.08. The molecule has 1 atom stereocenters. The van der Waals surface area contributed by atoms with Crippen LogP contribution in [0.1, 0.15) is 35.5 Å². The van der Waals surface area contributed by atoms with Crippen LogP contribution in [0, 0.1) is 12.8 Å². The third-order valence-electron chi connectivity index (χ3n) is 2.66. The molecular weight excluding hydrogens is 206 g/mol. The molecule has 1 aliphatic rings. The van der Waals surface area contributed by atoms with Gasteiger partial charge in [0, 0.05) is 6.07 Å². The van der Waals surface area contributed by atoms with Crippen LogP contribution in [0.25, 0.3) is 0 Å². The number of esters is 1. The smallest absolute Gasteiger partial charge is 0.377 e. The second-order valence-electron chi connectivity index (χ2n) is 4.08. The van der Waals surface area contributed by atoms with Gasteiger partial charge in [0.25, 0.3) is 0 Å². The van der Waals surface area contributed by atoms with Crippen molar-refractivity contribution in [3.63, 3.8) is 0 Å². The molecule has 0 aliphatic heterocycles. The van der Waals surface area contributed by atoms with E-state index in [1.165, 1.54) is 0 Å². The number of nitrogens with zero attached hydrogens (tertiary/aromatic N) is 1. The fraction of sp³-hybridized carbons (Fsp3) is 0.500. The molecule has 0 saturated heterocycles. The van der Waals surface area contributed by atoms with Crippen molar-refractivity contribution in [3.05, 3.63) is 29.7 Å². The maximum atomic E-state index is 11.5. The summed E-state index contributed by atoms with van der Waals surface area (Å²) in [4.78, 5) is 11.5. The summed E-state index contributed by atoms with van der Waals surface area (Å²) in [5.74, 6) is 0.206. The van der Waals surface area contributed by atoms with Crippen LogP contribution in [0.2, 0.25) is 0 Å². The summed E-state index contributed by atoms with van der Waals surface area (Å²) in [7, 11) is 0. The standard InChI is InChI=1S/C12H15NO3/c1-9-7-11(16-13-9)12(14)15-8-10-5-3-2-4-6-10/h2-3,7,10H,4-6,8H2,1H3. The molecular formula is C12H15NO3. The Balaban J connectivity index is 1.81. The van der Waals surface area contributed by atoms with Crippen LogP contribution in [0.15, 0.2) is 22.7 Å². The molecule has 0 aromatic carbocycles. The molecule has 2 rings (SSSR count). The van der Waals surface area contributed by atoms with Crippen LogP contribution in [-0.4, -0.2) is 17.7 Å². The molecule has 1 heterocycles. The number of ether oxygens (including phenoxy) is 1. The van der Waals surface area contributed by atoms with Gasteiger partial charge in [-0.15, -0.1) is 0 Å². The SMILES string of the molecule is Cc1cc(C(=O)OCC2CC=CCC2)on1. The molecule has 0 bridgehead atoms. The van der Waals surface area contributed by atoms with E-state index in [0.717, 1.165) is 19.3 Å². The molecule has 16 heavy (non-hydrogen) atoms. The van der Waals surface area contributed by atoms with E-state index in [0.29, 0.717) is 18.2 Å². The number of hydrogen-bond donors (Lipinski definition) is 0. The summed E-state index contributed by atoms with van der Waals surface area (Å²) < 4.78 is 10.0. The van der Waals surface area contributed by atoms with Crippen LogP contribution in [0.4, 0.5) is 0 Å². The van der Waals surface area contributed by atoms with Gasteiger partial charge in [0.15, 0.2) is 0 Å². The first-order valence-corrected chi connectivity index (χ1v) is 5.51. The van der Waals surface area contributed by atoms with E-state index >= 15 is 0 Å². The Morgan fingerprint density at radius 2 is 2.50 bits per heavy atom. The normalized spacial score (nSPS) is 19.7. The molecule has 4 heteroatoms. The molecule has 0 N–H and O–H groups in total. The molecule has 1 aromatic heterocycles. The van der Waals surface area contributed by atoms with Crippen LogP contribution in [-0.2, 0) is 4.74 Å². The molecule has 1 aromatic rings. The summed E-state index contributed by atoms with van der Waals surface area (Å²) in [5.41, 5.74) is 0.688. The summed E-state index contributed by atoms with van der Waals surface area (Å²) in [5, 5.41) is 3.65. The van der Waals surface area contributed by atoms with E-state index in [9.17, 15) is 4.79 Å². The Hall–Kier alpha value is -1.58. The Morgan fingerprint density at radius 3 is 3.12 bits per heavy atom. The first-order valence-electron chi connectivity index (χ1n) is 5.51. The average molecular weight is 221 g/mol. The maximum Gasteiger partial charge on any atom is 0.377 e. The van der Waals surface area contributed by atoms with Crippen molar-refractivity contribution in [3.8, 4) is 0 Å². The highest BCUT2D eigenvalue weighted by atomic mass is 16.6. The predicted molar refractivity (Wildman–Crippen MR) is 58.0 cm³/mol. The van der Waals surface area contributed by atoms with E-state index < -0.39 is 5.97 Å². The lowest BCUT2D eigenvalue weighted by Crippen LogP contribution is -2.14. The van der Waals surface area contributed by atoms with E-state index in [4.69, 9.17) is 9.26 Å². The molecule has 4 nitrogen and oxygen atoms in total. The minimum absolute atomic E-state index is 0.184. The van der Waals surface area contributed by atoms with Crippen molar-refractivity contribution in [2.75, 3.05) is 6.61 Å². The zero-order chi connectivity index (χ0) is 11.4. The highest BCUT2D eigenvalue weighted by molar-refractivity contribution is 5.86. The maximum absolute atomic E-state index is 11.5. The van der Waals surface area contributed by atoms with Crippen molar-refractivity contribution in [1.29, 1.82) is 0 Å². The van der Waals surface area contributed by atoms with Crippen molar-refractivity contribution in [1.82, 2.24) is 5.16 Å².